The average Bonchev–Trinajstić information content (AvgIpc) is 3.15. The van der Waals surface area contributed by atoms with Gasteiger partial charge in [-0.05, 0) is 25.2 Å². The van der Waals surface area contributed by atoms with Crippen LogP contribution in [0.3, 0.4) is 0 Å². The van der Waals surface area contributed by atoms with Crippen molar-refractivity contribution in [1.29, 1.82) is 0 Å². The zero-order valence-corrected chi connectivity index (χ0v) is 21.0. The van der Waals surface area contributed by atoms with E-state index in [9.17, 15) is 14.4 Å². The standard InChI is InChI=1S/C24H36N4O4S/c1-5-7-26(6-2)20(29)12-32-11-17-10-27(22(31)19-9-25-16-33-19)13-24(17)14-28(15-24)21(30)18-8-23(18,3)4/h9,16-18H,5-8,10-15H2,1-4H3/t17?,18-/m1/s1. The van der Waals surface area contributed by atoms with Gasteiger partial charge in [0, 0.05) is 56.5 Å². The van der Waals surface area contributed by atoms with Gasteiger partial charge in [-0.15, -0.1) is 11.3 Å². The maximum Gasteiger partial charge on any atom is 0.265 e. The minimum Gasteiger partial charge on any atom is -0.371 e. The molecule has 0 radical (unpaired) electrons. The van der Waals surface area contributed by atoms with Crippen LogP contribution in [0, 0.1) is 22.7 Å². The Morgan fingerprint density at radius 3 is 2.48 bits per heavy atom. The number of hydrogen-bond acceptors (Lipinski definition) is 6. The number of carbonyl (C=O) groups excluding carboxylic acids is 3. The highest BCUT2D eigenvalue weighted by atomic mass is 32.1. The third-order valence-corrected chi connectivity index (χ3v) is 8.41. The van der Waals surface area contributed by atoms with Gasteiger partial charge < -0.3 is 19.4 Å². The van der Waals surface area contributed by atoms with Gasteiger partial charge in [-0.2, -0.15) is 0 Å². The lowest BCUT2D eigenvalue weighted by Crippen LogP contribution is -2.63. The van der Waals surface area contributed by atoms with Crippen molar-refractivity contribution in [3.05, 3.63) is 16.6 Å². The average molecular weight is 477 g/mol. The lowest BCUT2D eigenvalue weighted by Gasteiger charge is -2.51. The fraction of sp³-hybridized carbons (Fsp3) is 0.750. The molecule has 9 heteroatoms. The Morgan fingerprint density at radius 2 is 1.91 bits per heavy atom. The summed E-state index contributed by atoms with van der Waals surface area (Å²) in [5.41, 5.74) is 1.62. The minimum absolute atomic E-state index is 0.00497. The molecule has 0 bridgehead atoms. The Labute approximate surface area is 200 Å². The summed E-state index contributed by atoms with van der Waals surface area (Å²) >= 11 is 1.35. The van der Waals surface area contributed by atoms with E-state index in [1.807, 2.05) is 21.6 Å². The second-order valence-corrected chi connectivity index (χ2v) is 11.4. The van der Waals surface area contributed by atoms with Gasteiger partial charge in [-0.1, -0.05) is 20.8 Å². The highest BCUT2D eigenvalue weighted by Gasteiger charge is 2.60. The van der Waals surface area contributed by atoms with Crippen LogP contribution < -0.4 is 0 Å². The van der Waals surface area contributed by atoms with Gasteiger partial charge in [0.25, 0.3) is 5.91 Å². The SMILES string of the molecule is CCCN(CC)C(=O)COCC1CN(C(=O)c2cncs2)CC12CN(C(=O)[C@H]1CC1(C)C)C2. The lowest BCUT2D eigenvalue weighted by atomic mass is 9.71. The molecule has 2 saturated heterocycles. The summed E-state index contributed by atoms with van der Waals surface area (Å²) in [7, 11) is 0. The van der Waals surface area contributed by atoms with Crippen LogP contribution in [0.4, 0.5) is 0 Å². The van der Waals surface area contributed by atoms with Crippen molar-refractivity contribution in [3.8, 4) is 0 Å². The Morgan fingerprint density at radius 1 is 1.21 bits per heavy atom. The summed E-state index contributed by atoms with van der Waals surface area (Å²) < 4.78 is 5.90. The first-order valence-corrected chi connectivity index (χ1v) is 12.9. The van der Waals surface area contributed by atoms with Gasteiger partial charge in [0.15, 0.2) is 0 Å². The second-order valence-electron chi connectivity index (χ2n) is 10.5. The third kappa shape index (κ3) is 4.80. The van der Waals surface area contributed by atoms with Gasteiger partial charge in [-0.3, -0.25) is 19.4 Å². The first-order valence-electron chi connectivity index (χ1n) is 12.0. The molecule has 3 aliphatic rings. The second kappa shape index (κ2) is 9.33. The first kappa shape index (κ1) is 24.1. The topological polar surface area (TPSA) is 83.1 Å². The molecule has 2 atom stereocenters. The van der Waals surface area contributed by atoms with Gasteiger partial charge >= 0.3 is 0 Å². The minimum atomic E-state index is -0.161. The maximum atomic E-state index is 13.0. The van der Waals surface area contributed by atoms with E-state index in [2.05, 4.69) is 25.8 Å². The van der Waals surface area contributed by atoms with Crippen molar-refractivity contribution < 1.29 is 19.1 Å². The van der Waals surface area contributed by atoms with Crippen molar-refractivity contribution in [2.45, 2.75) is 40.5 Å². The number of rotatable bonds is 9. The summed E-state index contributed by atoms with van der Waals surface area (Å²) in [5.74, 6) is 0.455. The Balaban J connectivity index is 1.39. The number of amides is 3. The Kier molecular flexibility index (Phi) is 6.82. The van der Waals surface area contributed by atoms with Crippen molar-refractivity contribution in [3.63, 3.8) is 0 Å². The summed E-state index contributed by atoms with van der Waals surface area (Å²) in [6.45, 7) is 12.7. The van der Waals surface area contributed by atoms with E-state index in [1.165, 1.54) is 11.3 Å². The van der Waals surface area contributed by atoms with E-state index in [-0.39, 0.29) is 47.0 Å². The fourth-order valence-corrected chi connectivity index (χ4v) is 5.93. The van der Waals surface area contributed by atoms with Gasteiger partial charge in [0.1, 0.15) is 11.5 Å². The lowest BCUT2D eigenvalue weighted by molar-refractivity contribution is -0.149. The van der Waals surface area contributed by atoms with Gasteiger partial charge in [0.05, 0.1) is 18.3 Å². The number of likely N-dealkylation sites (N-methyl/N-ethyl adjacent to an activating group) is 1. The first-order chi connectivity index (χ1) is 15.7. The highest BCUT2D eigenvalue weighted by molar-refractivity contribution is 7.11. The molecule has 3 amide bonds. The summed E-state index contributed by atoms with van der Waals surface area (Å²) in [4.78, 5) is 48.7. The van der Waals surface area contributed by atoms with E-state index in [0.29, 0.717) is 44.2 Å². The van der Waals surface area contributed by atoms with Crippen molar-refractivity contribution in [1.82, 2.24) is 19.7 Å². The maximum absolute atomic E-state index is 13.0. The Hall–Kier alpha value is -2.00. The van der Waals surface area contributed by atoms with E-state index in [4.69, 9.17) is 4.74 Å². The molecule has 4 rings (SSSR count). The smallest absolute Gasteiger partial charge is 0.265 e. The summed E-state index contributed by atoms with van der Waals surface area (Å²) in [6, 6.07) is 0. The van der Waals surface area contributed by atoms with Crippen LogP contribution in [0.5, 0.6) is 0 Å². The van der Waals surface area contributed by atoms with E-state index in [1.54, 1.807) is 11.7 Å². The molecule has 1 spiro atoms. The van der Waals surface area contributed by atoms with Crippen LogP contribution >= 0.6 is 11.3 Å². The molecule has 2 aliphatic heterocycles. The zero-order chi connectivity index (χ0) is 23.8. The molecular weight excluding hydrogens is 440 g/mol. The van der Waals surface area contributed by atoms with Crippen molar-refractivity contribution in [2.24, 2.45) is 22.7 Å². The molecule has 1 aliphatic carbocycles. The molecule has 3 fully saturated rings. The van der Waals surface area contributed by atoms with Crippen LogP contribution in [-0.4, -0.2) is 89.9 Å². The van der Waals surface area contributed by atoms with E-state index in [0.717, 1.165) is 19.4 Å². The van der Waals surface area contributed by atoms with E-state index >= 15 is 0 Å². The molecule has 1 saturated carbocycles. The zero-order valence-electron chi connectivity index (χ0n) is 20.2. The predicted molar refractivity (Wildman–Crippen MR) is 126 cm³/mol. The number of nitrogens with zero attached hydrogens (tertiary/aromatic N) is 4. The van der Waals surface area contributed by atoms with Gasteiger partial charge in [0.2, 0.25) is 11.8 Å². The fourth-order valence-electron chi connectivity index (χ4n) is 5.34. The summed E-state index contributed by atoms with van der Waals surface area (Å²) in [6.07, 6.45) is 3.48. The van der Waals surface area contributed by atoms with Crippen LogP contribution in [0.2, 0.25) is 0 Å². The molecule has 0 aromatic carbocycles. The van der Waals surface area contributed by atoms with Crippen LogP contribution in [-0.2, 0) is 14.3 Å². The van der Waals surface area contributed by atoms with E-state index < -0.39 is 0 Å². The highest BCUT2D eigenvalue weighted by Crippen LogP contribution is 2.54. The van der Waals surface area contributed by atoms with Crippen LogP contribution in [0.15, 0.2) is 11.7 Å². The monoisotopic (exact) mass is 476 g/mol. The van der Waals surface area contributed by atoms with Crippen molar-refractivity contribution >= 4 is 29.1 Å². The third-order valence-electron chi connectivity index (χ3n) is 7.65. The molecule has 33 heavy (non-hydrogen) atoms. The van der Waals surface area contributed by atoms with Gasteiger partial charge in [-0.25, -0.2) is 0 Å². The molecule has 1 aromatic heterocycles. The number of thiazole rings is 1. The largest absolute Gasteiger partial charge is 0.371 e. The number of carbonyl (C=O) groups is 3. The predicted octanol–water partition coefficient (Wildman–Crippen LogP) is 2.36. The normalized spacial score (nSPS) is 24.6. The number of aromatic nitrogens is 1. The molecular formula is C24H36N4O4S. The quantitative estimate of drug-likeness (QED) is 0.546. The van der Waals surface area contributed by atoms with Crippen molar-refractivity contribution in [2.75, 3.05) is 52.5 Å². The molecule has 8 nitrogen and oxygen atoms in total. The number of ether oxygens (including phenoxy) is 1. The number of hydrogen-bond donors (Lipinski definition) is 0. The summed E-state index contributed by atoms with van der Waals surface area (Å²) in [5, 5.41) is 0. The van der Waals surface area contributed by atoms with Crippen LogP contribution in [0.25, 0.3) is 0 Å². The molecule has 1 unspecified atom stereocenters. The number of likely N-dealkylation sites (tertiary alicyclic amines) is 2. The molecule has 0 N–H and O–H groups in total. The Bertz CT molecular complexity index is 881. The molecule has 1 aromatic rings. The molecule has 3 heterocycles. The van der Waals surface area contributed by atoms with Crippen LogP contribution in [0.1, 0.15) is 50.2 Å². The molecule has 182 valence electrons.